The summed E-state index contributed by atoms with van der Waals surface area (Å²) in [6.45, 7) is 9.19. The highest BCUT2D eigenvalue weighted by Crippen LogP contribution is 2.22. The van der Waals surface area contributed by atoms with Gasteiger partial charge in [0.15, 0.2) is 0 Å². The molecule has 1 aliphatic rings. The number of likely N-dealkylation sites (tertiary alicyclic amines) is 1. The van der Waals surface area contributed by atoms with Gasteiger partial charge in [0.25, 0.3) is 0 Å². The first-order valence-corrected chi connectivity index (χ1v) is 10.9. The van der Waals surface area contributed by atoms with E-state index < -0.39 is 10.0 Å². The van der Waals surface area contributed by atoms with Crippen molar-refractivity contribution in [3.8, 4) is 0 Å². The van der Waals surface area contributed by atoms with Gasteiger partial charge in [-0.05, 0) is 51.0 Å². The van der Waals surface area contributed by atoms with Crippen molar-refractivity contribution in [2.24, 2.45) is 0 Å². The molecule has 0 spiro atoms. The van der Waals surface area contributed by atoms with E-state index in [1.807, 2.05) is 13.8 Å². The molecule has 26 heavy (non-hydrogen) atoms. The number of amides is 1. The maximum Gasteiger partial charge on any atom is 0.243 e. The molecule has 1 N–H and O–H groups in total. The molecule has 0 aliphatic carbocycles. The maximum atomic E-state index is 12.5. The standard InChI is InChI=1S/C19H31N3O3S/c1-5-21(6-2)26(24,25)18-12-10-17(11-13-18)20-19(23)14-22-15(3)8-7-9-16(22)4/h10-13,15-16H,5-9,14H2,1-4H3,(H,20,23). The zero-order valence-electron chi connectivity index (χ0n) is 16.2. The number of hydrogen-bond acceptors (Lipinski definition) is 4. The van der Waals surface area contributed by atoms with Gasteiger partial charge in [0.05, 0.1) is 11.4 Å². The van der Waals surface area contributed by atoms with Gasteiger partial charge in [0.2, 0.25) is 15.9 Å². The Kier molecular flexibility index (Phi) is 7.20. The van der Waals surface area contributed by atoms with Crippen LogP contribution in [0.1, 0.15) is 47.0 Å². The number of rotatable bonds is 7. The van der Waals surface area contributed by atoms with Crippen molar-refractivity contribution in [1.29, 1.82) is 0 Å². The fraction of sp³-hybridized carbons (Fsp3) is 0.632. The van der Waals surface area contributed by atoms with E-state index in [9.17, 15) is 13.2 Å². The molecule has 2 unspecified atom stereocenters. The third-order valence-corrected chi connectivity index (χ3v) is 7.25. The average Bonchev–Trinajstić information content (AvgIpc) is 2.59. The van der Waals surface area contributed by atoms with Gasteiger partial charge in [-0.2, -0.15) is 4.31 Å². The molecule has 0 aromatic heterocycles. The summed E-state index contributed by atoms with van der Waals surface area (Å²) >= 11 is 0. The first kappa shape index (κ1) is 20.9. The highest BCUT2D eigenvalue weighted by molar-refractivity contribution is 7.89. The van der Waals surface area contributed by atoms with Crippen LogP contribution in [0.15, 0.2) is 29.2 Å². The average molecular weight is 382 g/mol. The van der Waals surface area contributed by atoms with Crippen molar-refractivity contribution in [3.05, 3.63) is 24.3 Å². The van der Waals surface area contributed by atoms with Crippen molar-refractivity contribution < 1.29 is 13.2 Å². The second kappa shape index (κ2) is 8.97. The lowest BCUT2D eigenvalue weighted by atomic mass is 9.97. The summed E-state index contributed by atoms with van der Waals surface area (Å²) in [5.74, 6) is -0.0649. The number of nitrogens with zero attached hydrogens (tertiary/aromatic N) is 2. The third kappa shape index (κ3) is 4.84. The number of benzene rings is 1. The van der Waals surface area contributed by atoms with Crippen molar-refractivity contribution in [1.82, 2.24) is 9.21 Å². The molecular formula is C19H31N3O3S. The lowest BCUT2D eigenvalue weighted by Gasteiger charge is -2.38. The molecule has 1 aromatic carbocycles. The Morgan fingerprint density at radius 3 is 2.15 bits per heavy atom. The number of hydrogen-bond donors (Lipinski definition) is 1. The first-order valence-electron chi connectivity index (χ1n) is 9.45. The molecule has 1 aliphatic heterocycles. The Labute approximate surface area is 157 Å². The third-order valence-electron chi connectivity index (χ3n) is 5.18. The van der Waals surface area contributed by atoms with E-state index in [1.54, 1.807) is 24.3 Å². The predicted octanol–water partition coefficient (Wildman–Crippen LogP) is 2.92. The van der Waals surface area contributed by atoms with E-state index in [2.05, 4.69) is 24.1 Å². The lowest BCUT2D eigenvalue weighted by molar-refractivity contribution is -0.118. The second-order valence-electron chi connectivity index (χ2n) is 6.96. The van der Waals surface area contributed by atoms with Gasteiger partial charge in [-0.15, -0.1) is 0 Å². The van der Waals surface area contributed by atoms with Crippen molar-refractivity contribution in [3.63, 3.8) is 0 Å². The van der Waals surface area contributed by atoms with E-state index in [-0.39, 0.29) is 10.8 Å². The number of nitrogens with one attached hydrogen (secondary N) is 1. The fourth-order valence-electron chi connectivity index (χ4n) is 3.58. The van der Waals surface area contributed by atoms with Gasteiger partial charge in [-0.25, -0.2) is 8.42 Å². The van der Waals surface area contributed by atoms with Crippen LogP contribution in [0.4, 0.5) is 5.69 Å². The largest absolute Gasteiger partial charge is 0.325 e. The van der Waals surface area contributed by atoms with Crippen LogP contribution in [0.25, 0.3) is 0 Å². The molecule has 0 saturated carbocycles. The fourth-order valence-corrected chi connectivity index (χ4v) is 5.03. The van der Waals surface area contributed by atoms with Crippen LogP contribution >= 0.6 is 0 Å². The Bertz CT molecular complexity index is 689. The van der Waals surface area contributed by atoms with Gasteiger partial charge in [0, 0.05) is 30.9 Å². The Balaban J connectivity index is 2.01. The highest BCUT2D eigenvalue weighted by Gasteiger charge is 2.26. The molecule has 0 radical (unpaired) electrons. The summed E-state index contributed by atoms with van der Waals surface area (Å²) in [4.78, 5) is 14.9. The van der Waals surface area contributed by atoms with E-state index in [1.165, 1.54) is 10.7 Å². The molecule has 2 rings (SSSR count). The number of carbonyl (C=O) groups is 1. The zero-order chi connectivity index (χ0) is 19.3. The zero-order valence-corrected chi connectivity index (χ0v) is 17.1. The van der Waals surface area contributed by atoms with E-state index in [0.29, 0.717) is 37.4 Å². The minimum atomic E-state index is -3.47. The van der Waals surface area contributed by atoms with E-state index in [4.69, 9.17) is 0 Å². The van der Waals surface area contributed by atoms with Crippen molar-refractivity contribution in [2.45, 2.75) is 63.9 Å². The van der Waals surface area contributed by atoms with Gasteiger partial charge in [-0.3, -0.25) is 9.69 Å². The molecule has 1 aromatic rings. The minimum absolute atomic E-state index is 0.0649. The molecule has 1 heterocycles. The van der Waals surface area contributed by atoms with Crippen LogP contribution in [0, 0.1) is 0 Å². The Morgan fingerprint density at radius 1 is 1.12 bits per heavy atom. The first-order chi connectivity index (χ1) is 12.3. The molecule has 7 heteroatoms. The normalized spacial score (nSPS) is 21.7. The van der Waals surface area contributed by atoms with Crippen LogP contribution in [0.3, 0.4) is 0 Å². The number of carbonyl (C=O) groups excluding carboxylic acids is 1. The minimum Gasteiger partial charge on any atom is -0.325 e. The summed E-state index contributed by atoms with van der Waals surface area (Å²) in [5, 5.41) is 2.88. The summed E-state index contributed by atoms with van der Waals surface area (Å²) in [5.41, 5.74) is 0.616. The van der Waals surface area contributed by atoms with Crippen LogP contribution in [-0.4, -0.2) is 55.2 Å². The van der Waals surface area contributed by atoms with Crippen LogP contribution < -0.4 is 5.32 Å². The van der Waals surface area contributed by atoms with Gasteiger partial charge >= 0.3 is 0 Å². The second-order valence-corrected chi connectivity index (χ2v) is 8.90. The van der Waals surface area contributed by atoms with Crippen LogP contribution in [-0.2, 0) is 14.8 Å². The Hall–Kier alpha value is -1.44. The van der Waals surface area contributed by atoms with Crippen molar-refractivity contribution in [2.75, 3.05) is 25.0 Å². The van der Waals surface area contributed by atoms with Crippen molar-refractivity contribution >= 4 is 21.6 Å². The monoisotopic (exact) mass is 381 g/mol. The van der Waals surface area contributed by atoms with E-state index in [0.717, 1.165) is 12.8 Å². The smallest absolute Gasteiger partial charge is 0.243 e. The molecule has 2 atom stereocenters. The summed E-state index contributed by atoms with van der Waals surface area (Å²) in [7, 11) is -3.47. The molecule has 1 saturated heterocycles. The summed E-state index contributed by atoms with van der Waals surface area (Å²) in [6, 6.07) is 7.22. The molecular weight excluding hydrogens is 350 g/mol. The number of piperidine rings is 1. The summed E-state index contributed by atoms with van der Waals surface area (Å²) < 4.78 is 26.4. The van der Waals surface area contributed by atoms with Gasteiger partial charge in [0.1, 0.15) is 0 Å². The van der Waals surface area contributed by atoms with Gasteiger partial charge in [-0.1, -0.05) is 20.3 Å². The van der Waals surface area contributed by atoms with Gasteiger partial charge < -0.3 is 5.32 Å². The number of anilines is 1. The quantitative estimate of drug-likeness (QED) is 0.788. The predicted molar refractivity (Wildman–Crippen MR) is 105 cm³/mol. The number of sulfonamides is 1. The molecule has 6 nitrogen and oxygen atoms in total. The lowest BCUT2D eigenvalue weighted by Crippen LogP contribution is -2.47. The molecule has 0 bridgehead atoms. The Morgan fingerprint density at radius 2 is 1.65 bits per heavy atom. The van der Waals surface area contributed by atoms with E-state index >= 15 is 0 Å². The topological polar surface area (TPSA) is 69.7 Å². The van der Waals surface area contributed by atoms with Crippen LogP contribution in [0.2, 0.25) is 0 Å². The highest BCUT2D eigenvalue weighted by atomic mass is 32.2. The molecule has 1 amide bonds. The summed E-state index contributed by atoms with van der Waals surface area (Å²) in [6.07, 6.45) is 3.45. The molecule has 146 valence electrons. The SMILES string of the molecule is CCN(CC)S(=O)(=O)c1ccc(NC(=O)CN2C(C)CCCC2C)cc1. The maximum absolute atomic E-state index is 12.5. The molecule has 1 fully saturated rings. The van der Waals surface area contributed by atoms with Crippen LogP contribution in [0.5, 0.6) is 0 Å².